The number of methoxy groups -OCH3 is 1. The second-order valence-electron chi connectivity index (χ2n) is 11.0. The second kappa shape index (κ2) is 13.5. The van der Waals surface area contributed by atoms with Crippen molar-refractivity contribution in [3.63, 3.8) is 0 Å². The van der Waals surface area contributed by atoms with Gasteiger partial charge in [-0.2, -0.15) is 13.2 Å². The molecule has 5 rings (SSSR count). The van der Waals surface area contributed by atoms with Crippen LogP contribution in [0.3, 0.4) is 0 Å². The number of anilines is 1. The summed E-state index contributed by atoms with van der Waals surface area (Å²) in [5, 5.41) is 6.61. The number of nitrogens with one attached hydrogen (secondary N) is 2. The van der Waals surface area contributed by atoms with Crippen molar-refractivity contribution in [2.75, 3.05) is 45.3 Å². The van der Waals surface area contributed by atoms with Crippen LogP contribution in [0.15, 0.2) is 30.6 Å². The maximum absolute atomic E-state index is 14.1. The van der Waals surface area contributed by atoms with Crippen molar-refractivity contribution in [1.82, 2.24) is 20.2 Å². The second-order valence-corrected chi connectivity index (χ2v) is 11.0. The lowest BCUT2D eigenvalue weighted by Crippen LogP contribution is -2.52. The van der Waals surface area contributed by atoms with Crippen molar-refractivity contribution in [2.24, 2.45) is 0 Å². The average Bonchev–Trinajstić information content (AvgIpc) is 3.00. The molecule has 3 saturated heterocycles. The van der Waals surface area contributed by atoms with Gasteiger partial charge in [0, 0.05) is 38.3 Å². The molecule has 42 heavy (non-hydrogen) atoms. The molecule has 0 bridgehead atoms. The molecule has 0 aliphatic carbocycles. The number of nitrogens with zero attached hydrogens (tertiary/aromatic N) is 3. The van der Waals surface area contributed by atoms with Gasteiger partial charge in [-0.15, -0.1) is 0 Å². The Labute approximate surface area is 242 Å². The van der Waals surface area contributed by atoms with Crippen molar-refractivity contribution in [2.45, 2.75) is 75.2 Å². The zero-order valence-corrected chi connectivity index (χ0v) is 23.5. The lowest BCUT2D eigenvalue weighted by molar-refractivity contribution is -0.137. The van der Waals surface area contributed by atoms with E-state index in [2.05, 4.69) is 20.6 Å². The highest BCUT2D eigenvalue weighted by atomic mass is 19.4. The highest BCUT2D eigenvalue weighted by Gasteiger charge is 2.33. The van der Waals surface area contributed by atoms with Gasteiger partial charge in [-0.3, -0.25) is 4.79 Å². The van der Waals surface area contributed by atoms with Crippen LogP contribution >= 0.6 is 0 Å². The van der Waals surface area contributed by atoms with Crippen molar-refractivity contribution in [1.29, 1.82) is 0 Å². The number of hydrogen-bond acceptors (Lipinski definition) is 8. The minimum absolute atomic E-state index is 0.117. The number of carbonyl (C=O) groups excluding carboxylic acids is 1. The predicted octanol–water partition coefficient (Wildman–Crippen LogP) is 4.55. The molecule has 2 N–H and O–H groups in total. The minimum atomic E-state index is -4.38. The van der Waals surface area contributed by atoms with Crippen LogP contribution in [0.25, 0.3) is 0 Å². The number of carbonyl (C=O) groups is 1. The van der Waals surface area contributed by atoms with Crippen LogP contribution in [-0.2, 0) is 15.7 Å². The quantitative estimate of drug-likeness (QED) is 0.430. The van der Waals surface area contributed by atoms with Crippen molar-refractivity contribution >= 4 is 11.7 Å². The molecular formula is C29H37F4N5O4. The van der Waals surface area contributed by atoms with Crippen LogP contribution < -0.4 is 15.4 Å². The first-order valence-electron chi connectivity index (χ1n) is 14.5. The van der Waals surface area contributed by atoms with Gasteiger partial charge in [0.05, 0.1) is 31.5 Å². The standard InChI is InChI=1S/C29H37F4N5O4/c1-40-26-25(28(39)38-12-9-20(10-13-38)37-23-11-14-41-16-22(23)30)35-17-36-27(26)34-15-21-3-2-4-24(42-21)18-5-7-19(8-6-18)29(31,32)33/h5-8,17,20-24,37H,2-4,9-16H2,1H3,(H,34,35,36). The van der Waals surface area contributed by atoms with Crippen LogP contribution in [0.4, 0.5) is 23.4 Å². The zero-order chi connectivity index (χ0) is 29.7. The van der Waals surface area contributed by atoms with Gasteiger partial charge in [-0.1, -0.05) is 12.1 Å². The van der Waals surface area contributed by atoms with E-state index < -0.39 is 17.9 Å². The first-order chi connectivity index (χ1) is 20.2. The Balaban J connectivity index is 1.16. The lowest BCUT2D eigenvalue weighted by Gasteiger charge is -2.36. The van der Waals surface area contributed by atoms with Gasteiger partial charge >= 0.3 is 6.18 Å². The van der Waals surface area contributed by atoms with Crippen LogP contribution in [0.5, 0.6) is 5.75 Å². The molecule has 1 aromatic heterocycles. The number of halogens is 4. The van der Waals surface area contributed by atoms with Gasteiger partial charge in [-0.25, -0.2) is 14.4 Å². The molecule has 4 heterocycles. The first kappa shape index (κ1) is 30.4. The van der Waals surface area contributed by atoms with E-state index in [1.54, 1.807) is 4.90 Å². The molecule has 0 spiro atoms. The van der Waals surface area contributed by atoms with E-state index in [0.29, 0.717) is 63.3 Å². The first-order valence-corrected chi connectivity index (χ1v) is 14.5. The number of rotatable bonds is 8. The van der Waals surface area contributed by atoms with Gasteiger partial charge < -0.3 is 29.7 Å². The monoisotopic (exact) mass is 595 g/mol. The summed E-state index contributed by atoms with van der Waals surface area (Å²) in [7, 11) is 1.45. The lowest BCUT2D eigenvalue weighted by atomic mass is 9.97. The predicted molar refractivity (Wildman–Crippen MR) is 146 cm³/mol. The number of piperidine rings is 1. The van der Waals surface area contributed by atoms with Gasteiger partial charge in [0.15, 0.2) is 17.3 Å². The molecule has 1 amide bonds. The third-order valence-electron chi connectivity index (χ3n) is 8.19. The van der Waals surface area contributed by atoms with Crippen LogP contribution in [0.1, 0.15) is 66.2 Å². The number of benzene rings is 1. The molecule has 1 aromatic carbocycles. The Morgan fingerprint density at radius 3 is 2.55 bits per heavy atom. The number of aromatic nitrogens is 2. The van der Waals surface area contributed by atoms with Crippen molar-refractivity contribution < 1.29 is 36.6 Å². The maximum atomic E-state index is 14.1. The smallest absolute Gasteiger partial charge is 0.416 e. The molecule has 3 aliphatic heterocycles. The molecule has 13 heteroatoms. The Morgan fingerprint density at radius 2 is 1.86 bits per heavy atom. The Kier molecular flexibility index (Phi) is 9.79. The molecule has 230 valence electrons. The zero-order valence-electron chi connectivity index (χ0n) is 23.5. The van der Waals surface area contributed by atoms with E-state index >= 15 is 0 Å². The number of likely N-dealkylation sites (tertiary alicyclic amines) is 1. The third-order valence-corrected chi connectivity index (χ3v) is 8.19. The number of amides is 1. The largest absolute Gasteiger partial charge is 0.491 e. The van der Waals surface area contributed by atoms with Crippen LogP contribution in [0.2, 0.25) is 0 Å². The fourth-order valence-corrected chi connectivity index (χ4v) is 5.83. The van der Waals surface area contributed by atoms with Crippen molar-refractivity contribution in [3.05, 3.63) is 47.4 Å². The van der Waals surface area contributed by atoms with Crippen LogP contribution in [0, 0.1) is 0 Å². The summed E-state index contributed by atoms with van der Waals surface area (Å²) < 4.78 is 69.9. The SMILES string of the molecule is COc1c(NCC2CCCC(c3ccc(C(F)(F)F)cc3)O2)ncnc1C(=O)N1CCC(NC2CCOCC2F)CC1. The minimum Gasteiger partial charge on any atom is -0.491 e. The number of ether oxygens (including phenoxy) is 3. The van der Waals surface area contributed by atoms with Gasteiger partial charge in [0.25, 0.3) is 5.91 Å². The molecule has 4 atom stereocenters. The molecule has 0 saturated carbocycles. The molecule has 9 nitrogen and oxygen atoms in total. The molecular weight excluding hydrogens is 558 g/mol. The highest BCUT2D eigenvalue weighted by molar-refractivity contribution is 5.96. The summed E-state index contributed by atoms with van der Waals surface area (Å²) in [5.41, 5.74) is 0.172. The molecule has 3 aliphatic rings. The Bertz CT molecular complexity index is 1190. The molecule has 0 radical (unpaired) electrons. The average molecular weight is 596 g/mol. The third kappa shape index (κ3) is 7.30. The van der Waals surface area contributed by atoms with E-state index in [4.69, 9.17) is 14.2 Å². The van der Waals surface area contributed by atoms with Gasteiger partial charge in [0.1, 0.15) is 12.5 Å². The summed E-state index contributed by atoms with van der Waals surface area (Å²) in [6.45, 7) is 2.05. The van der Waals surface area contributed by atoms with Gasteiger partial charge in [0.2, 0.25) is 0 Å². The van der Waals surface area contributed by atoms with E-state index in [1.807, 2.05) is 0 Å². The topological polar surface area (TPSA) is 97.8 Å². The summed E-state index contributed by atoms with van der Waals surface area (Å²) >= 11 is 0. The van der Waals surface area contributed by atoms with Crippen molar-refractivity contribution in [3.8, 4) is 5.75 Å². The van der Waals surface area contributed by atoms with Crippen LogP contribution in [-0.4, -0.2) is 85.1 Å². The van der Waals surface area contributed by atoms with E-state index in [1.165, 1.54) is 25.6 Å². The van der Waals surface area contributed by atoms with E-state index in [9.17, 15) is 22.4 Å². The Morgan fingerprint density at radius 1 is 1.10 bits per heavy atom. The molecule has 4 unspecified atom stereocenters. The summed E-state index contributed by atoms with van der Waals surface area (Å²) in [6, 6.07) is 5.00. The van der Waals surface area contributed by atoms with E-state index in [-0.39, 0.29) is 48.2 Å². The summed E-state index contributed by atoms with van der Waals surface area (Å²) in [4.78, 5) is 23.6. The van der Waals surface area contributed by atoms with E-state index in [0.717, 1.165) is 25.0 Å². The fourth-order valence-electron chi connectivity index (χ4n) is 5.83. The summed E-state index contributed by atoms with van der Waals surface area (Å²) in [6.07, 6.45) is -0.238. The normalized spacial score (nSPS) is 25.7. The highest BCUT2D eigenvalue weighted by Crippen LogP contribution is 2.35. The molecule has 2 aromatic rings. The maximum Gasteiger partial charge on any atom is 0.416 e. The molecule has 3 fully saturated rings. The fraction of sp³-hybridized carbons (Fsp3) is 0.621. The summed E-state index contributed by atoms with van der Waals surface area (Å²) in [5.74, 6) is 0.336. The Hall–Kier alpha value is -3.03. The van der Waals surface area contributed by atoms with Gasteiger partial charge in [-0.05, 0) is 56.2 Å². The number of hydrogen-bond donors (Lipinski definition) is 2. The number of alkyl halides is 4.